The fourth-order valence-electron chi connectivity index (χ4n) is 3.05. The Morgan fingerprint density at radius 3 is 2.79 bits per heavy atom. The molecule has 1 N–H and O–H groups in total. The molecule has 1 aromatic rings. The normalized spacial score (nSPS) is 17.1. The highest BCUT2D eigenvalue weighted by Gasteiger charge is 2.28. The van der Waals surface area contributed by atoms with Crippen molar-refractivity contribution in [3.63, 3.8) is 0 Å². The van der Waals surface area contributed by atoms with Crippen LogP contribution in [0.5, 0.6) is 5.75 Å². The van der Waals surface area contributed by atoms with E-state index in [-0.39, 0.29) is 5.92 Å². The summed E-state index contributed by atoms with van der Waals surface area (Å²) in [5, 5.41) is 15.4. The summed E-state index contributed by atoms with van der Waals surface area (Å²) in [6.45, 7) is 5.10. The molecule has 1 atom stereocenters. The minimum atomic E-state index is 0.248. The number of nitrogens with zero attached hydrogens (tertiary/aromatic N) is 2. The summed E-state index contributed by atoms with van der Waals surface area (Å²) < 4.78 is 5.45. The van der Waals surface area contributed by atoms with Crippen molar-refractivity contribution < 1.29 is 4.74 Å². The molecule has 24 heavy (non-hydrogen) atoms. The van der Waals surface area contributed by atoms with Gasteiger partial charge < -0.3 is 4.74 Å². The lowest BCUT2D eigenvalue weighted by atomic mass is 9.98. The maximum absolute atomic E-state index is 8.31. The van der Waals surface area contributed by atoms with Gasteiger partial charge in [-0.3, -0.25) is 10.4 Å². The number of para-hydroxylation sites is 1. The van der Waals surface area contributed by atoms with Crippen molar-refractivity contribution in [3.8, 4) is 5.75 Å². The molecule has 2 rings (SSSR count). The number of hydrogen-bond donors (Lipinski definition) is 1. The van der Waals surface area contributed by atoms with Gasteiger partial charge in [0.15, 0.2) is 0 Å². The second kappa shape index (κ2) is 9.07. The van der Waals surface area contributed by atoms with Crippen LogP contribution in [-0.4, -0.2) is 30.2 Å². The number of ether oxygens (including phenoxy) is 1. The fraction of sp³-hybridized carbons (Fsp3) is 0.579. The average Bonchev–Trinajstić information content (AvgIpc) is 2.96. The van der Waals surface area contributed by atoms with E-state index in [1.807, 2.05) is 23.2 Å². The number of hydrazone groups is 1. The molecule has 0 radical (unpaired) electrons. The summed E-state index contributed by atoms with van der Waals surface area (Å²) in [5.74, 6) is 1.52. The van der Waals surface area contributed by atoms with Gasteiger partial charge in [-0.25, -0.2) is 0 Å². The summed E-state index contributed by atoms with van der Waals surface area (Å²) in [6, 6.07) is 5.72. The molecule has 0 saturated heterocycles. The molecule has 5 heteroatoms. The number of rotatable bonds is 8. The zero-order chi connectivity index (χ0) is 17.5. The molecule has 0 spiro atoms. The van der Waals surface area contributed by atoms with Crippen LogP contribution >= 0.6 is 11.6 Å². The molecule has 1 heterocycles. The summed E-state index contributed by atoms with van der Waals surface area (Å²) >= 11 is 6.23. The van der Waals surface area contributed by atoms with Gasteiger partial charge in [0.05, 0.1) is 24.4 Å². The highest BCUT2D eigenvalue weighted by Crippen LogP contribution is 2.32. The first-order valence-electron chi connectivity index (χ1n) is 8.84. The minimum absolute atomic E-state index is 0.248. The Labute approximate surface area is 150 Å². The average molecular weight is 350 g/mol. The highest BCUT2D eigenvalue weighted by atomic mass is 35.5. The highest BCUT2D eigenvalue weighted by molar-refractivity contribution is 6.32. The molecule has 1 aliphatic rings. The van der Waals surface area contributed by atoms with Crippen LogP contribution in [0.25, 0.3) is 0 Å². The number of nitrogens with one attached hydrogen (secondary N) is 1. The van der Waals surface area contributed by atoms with Gasteiger partial charge in [0, 0.05) is 17.9 Å². The molecule has 1 unspecified atom stereocenters. The lowest BCUT2D eigenvalue weighted by Crippen LogP contribution is -2.24. The van der Waals surface area contributed by atoms with Gasteiger partial charge in [0.25, 0.3) is 0 Å². The van der Waals surface area contributed by atoms with E-state index in [1.165, 1.54) is 25.7 Å². The molecule has 0 aliphatic carbocycles. The van der Waals surface area contributed by atoms with E-state index in [0.717, 1.165) is 30.7 Å². The predicted molar refractivity (Wildman–Crippen MR) is 102 cm³/mol. The first kappa shape index (κ1) is 18.8. The van der Waals surface area contributed by atoms with Crippen LogP contribution in [0.15, 0.2) is 23.3 Å². The Balaban J connectivity index is 2.04. The third-order valence-electron chi connectivity index (χ3n) is 4.42. The number of halogens is 1. The quantitative estimate of drug-likeness (QED) is 0.391. The van der Waals surface area contributed by atoms with Gasteiger partial charge in [0.2, 0.25) is 0 Å². The van der Waals surface area contributed by atoms with Gasteiger partial charge in [-0.2, -0.15) is 5.10 Å². The molecule has 0 aromatic heterocycles. The number of hydrogen-bond acceptors (Lipinski definition) is 3. The van der Waals surface area contributed by atoms with Gasteiger partial charge in [-0.15, -0.1) is 0 Å². The van der Waals surface area contributed by atoms with Crippen LogP contribution in [0.1, 0.15) is 57.9 Å². The molecule has 0 saturated carbocycles. The van der Waals surface area contributed by atoms with Crippen LogP contribution < -0.4 is 4.74 Å². The standard InChI is InChI=1S/C19H28ClN3O/c1-4-5-6-7-8-12-17(21)23-13-14(2)18(22-23)15-10-9-11-16(20)19(15)24-3/h9-11,14,21H,4-8,12-13H2,1-3H3. The maximum Gasteiger partial charge on any atom is 0.146 e. The number of unbranched alkanes of at least 4 members (excludes halogenated alkanes) is 4. The van der Waals surface area contributed by atoms with Crippen molar-refractivity contribution in [1.29, 1.82) is 5.41 Å². The molecular weight excluding hydrogens is 322 g/mol. The lowest BCUT2D eigenvalue weighted by molar-refractivity contribution is 0.414. The number of benzene rings is 1. The molecular formula is C19H28ClN3O. The first-order chi connectivity index (χ1) is 11.6. The third-order valence-corrected chi connectivity index (χ3v) is 4.72. The zero-order valence-electron chi connectivity index (χ0n) is 14.9. The van der Waals surface area contributed by atoms with E-state index >= 15 is 0 Å². The smallest absolute Gasteiger partial charge is 0.146 e. The fourth-order valence-corrected chi connectivity index (χ4v) is 3.30. The molecule has 1 aromatic carbocycles. The van der Waals surface area contributed by atoms with E-state index in [4.69, 9.17) is 26.8 Å². The molecule has 0 amide bonds. The van der Waals surface area contributed by atoms with Crippen molar-refractivity contribution in [2.75, 3.05) is 13.7 Å². The van der Waals surface area contributed by atoms with Crippen molar-refractivity contribution in [2.24, 2.45) is 11.0 Å². The van der Waals surface area contributed by atoms with Crippen LogP contribution in [0, 0.1) is 11.3 Å². The Morgan fingerprint density at radius 2 is 2.08 bits per heavy atom. The van der Waals surface area contributed by atoms with E-state index in [9.17, 15) is 0 Å². The Kier molecular flexibility index (Phi) is 7.10. The largest absolute Gasteiger partial charge is 0.494 e. The molecule has 4 nitrogen and oxygen atoms in total. The third kappa shape index (κ3) is 4.50. The molecule has 132 valence electrons. The second-order valence-electron chi connectivity index (χ2n) is 6.40. The van der Waals surface area contributed by atoms with Crippen LogP contribution in [0.2, 0.25) is 5.02 Å². The van der Waals surface area contributed by atoms with Crippen LogP contribution in [-0.2, 0) is 0 Å². The minimum Gasteiger partial charge on any atom is -0.494 e. The maximum atomic E-state index is 8.31. The molecule has 1 aliphatic heterocycles. The Hall–Kier alpha value is -1.55. The topological polar surface area (TPSA) is 48.7 Å². The van der Waals surface area contributed by atoms with E-state index in [2.05, 4.69) is 13.8 Å². The lowest BCUT2D eigenvalue weighted by Gasteiger charge is -2.15. The van der Waals surface area contributed by atoms with E-state index in [1.54, 1.807) is 7.11 Å². The van der Waals surface area contributed by atoms with Crippen molar-refractivity contribution in [2.45, 2.75) is 52.4 Å². The monoisotopic (exact) mass is 349 g/mol. The van der Waals surface area contributed by atoms with Gasteiger partial charge in [-0.05, 0) is 18.6 Å². The first-order valence-corrected chi connectivity index (χ1v) is 9.22. The Bertz CT molecular complexity index is 600. The van der Waals surface area contributed by atoms with Crippen LogP contribution in [0.3, 0.4) is 0 Å². The SMILES string of the molecule is CCCCCCCC(=N)N1CC(C)C(c2cccc(Cl)c2OC)=N1. The second-order valence-corrected chi connectivity index (χ2v) is 6.81. The molecule has 0 bridgehead atoms. The zero-order valence-corrected chi connectivity index (χ0v) is 15.7. The predicted octanol–water partition coefficient (Wildman–Crippen LogP) is 5.34. The van der Waals surface area contributed by atoms with Crippen molar-refractivity contribution >= 4 is 23.1 Å². The van der Waals surface area contributed by atoms with Gasteiger partial charge in [-0.1, -0.05) is 57.2 Å². The van der Waals surface area contributed by atoms with E-state index in [0.29, 0.717) is 16.6 Å². The summed E-state index contributed by atoms with van der Waals surface area (Å²) in [5.41, 5.74) is 1.88. The van der Waals surface area contributed by atoms with Crippen molar-refractivity contribution in [3.05, 3.63) is 28.8 Å². The van der Waals surface area contributed by atoms with Gasteiger partial charge >= 0.3 is 0 Å². The number of methoxy groups -OCH3 is 1. The summed E-state index contributed by atoms with van der Waals surface area (Å²) in [6.07, 6.45) is 6.84. The Morgan fingerprint density at radius 1 is 1.33 bits per heavy atom. The molecule has 0 fully saturated rings. The number of amidine groups is 1. The van der Waals surface area contributed by atoms with E-state index < -0.39 is 0 Å². The summed E-state index contributed by atoms with van der Waals surface area (Å²) in [7, 11) is 1.63. The van der Waals surface area contributed by atoms with Crippen LogP contribution in [0.4, 0.5) is 0 Å². The van der Waals surface area contributed by atoms with Crippen molar-refractivity contribution in [1.82, 2.24) is 5.01 Å². The summed E-state index contributed by atoms with van der Waals surface area (Å²) in [4.78, 5) is 0. The van der Waals surface area contributed by atoms with Gasteiger partial charge in [0.1, 0.15) is 11.6 Å².